The van der Waals surface area contributed by atoms with Gasteiger partial charge in [-0.05, 0) is 6.07 Å². The van der Waals surface area contributed by atoms with Crippen LogP contribution in [0.15, 0.2) is 18.5 Å². The van der Waals surface area contributed by atoms with Crippen LogP contribution in [0.4, 0.5) is 13.2 Å². The summed E-state index contributed by atoms with van der Waals surface area (Å²) in [5.74, 6) is -3.80. The molecule has 3 nitrogen and oxygen atoms in total. The van der Waals surface area contributed by atoms with Gasteiger partial charge in [0.2, 0.25) is 0 Å². The van der Waals surface area contributed by atoms with Crippen LogP contribution in [-0.2, 0) is 6.42 Å². The predicted octanol–water partition coefficient (Wildman–Crippen LogP) is 2.06. The molecule has 0 saturated carbocycles. The van der Waals surface area contributed by atoms with Crippen molar-refractivity contribution in [3.05, 3.63) is 52.9 Å². The highest BCUT2D eigenvalue weighted by Gasteiger charge is 2.28. The normalized spacial score (nSPS) is 18.7. The van der Waals surface area contributed by atoms with Crippen LogP contribution in [0.3, 0.4) is 0 Å². The lowest BCUT2D eigenvalue weighted by atomic mass is 9.97. The number of hydrogen-bond acceptors (Lipinski definition) is 2. The van der Waals surface area contributed by atoms with Gasteiger partial charge < -0.3 is 10.3 Å². The van der Waals surface area contributed by atoms with Crippen LogP contribution in [0, 0.1) is 17.5 Å². The summed E-state index contributed by atoms with van der Waals surface area (Å²) in [5.41, 5.74) is 1.59. The smallest absolute Gasteiger partial charge is 0.194 e. The van der Waals surface area contributed by atoms with Crippen LogP contribution in [0.1, 0.15) is 23.0 Å². The average molecular weight is 253 g/mol. The van der Waals surface area contributed by atoms with E-state index in [1.165, 1.54) is 12.4 Å². The third-order valence-electron chi connectivity index (χ3n) is 3.12. The van der Waals surface area contributed by atoms with E-state index in [1.54, 1.807) is 0 Å². The molecule has 6 heteroatoms. The summed E-state index contributed by atoms with van der Waals surface area (Å²) in [6.07, 6.45) is 2.26. The molecular formula is C12H10F3N3. The number of benzene rings is 1. The van der Waals surface area contributed by atoms with Crippen LogP contribution in [0.2, 0.25) is 0 Å². The first kappa shape index (κ1) is 11.3. The maximum Gasteiger partial charge on any atom is 0.194 e. The second-order valence-electron chi connectivity index (χ2n) is 4.17. The molecule has 3 rings (SSSR count). The molecule has 1 aliphatic rings. The molecule has 1 aromatic heterocycles. The molecule has 0 spiro atoms. The molecular weight excluding hydrogens is 243 g/mol. The van der Waals surface area contributed by atoms with Crippen molar-refractivity contribution < 1.29 is 13.2 Å². The third kappa shape index (κ3) is 1.60. The van der Waals surface area contributed by atoms with Gasteiger partial charge in [-0.2, -0.15) is 0 Å². The van der Waals surface area contributed by atoms with E-state index in [1.807, 2.05) is 0 Å². The summed E-state index contributed by atoms with van der Waals surface area (Å²) in [7, 11) is 0. The Kier molecular flexibility index (Phi) is 2.59. The van der Waals surface area contributed by atoms with Gasteiger partial charge in [-0.3, -0.25) is 0 Å². The summed E-state index contributed by atoms with van der Waals surface area (Å²) in [5, 5.41) is 3.05. The molecule has 2 N–H and O–H groups in total. The van der Waals surface area contributed by atoms with E-state index in [2.05, 4.69) is 15.3 Å². The number of rotatable bonds is 1. The highest BCUT2D eigenvalue weighted by Crippen LogP contribution is 2.29. The van der Waals surface area contributed by atoms with Crippen molar-refractivity contribution in [2.75, 3.05) is 6.54 Å². The lowest BCUT2D eigenvalue weighted by Gasteiger charge is -2.23. The van der Waals surface area contributed by atoms with Crippen LogP contribution < -0.4 is 5.32 Å². The maximum atomic E-state index is 13.8. The van der Waals surface area contributed by atoms with Gasteiger partial charge in [0.1, 0.15) is 0 Å². The molecule has 18 heavy (non-hydrogen) atoms. The van der Waals surface area contributed by atoms with Crippen molar-refractivity contribution in [3.63, 3.8) is 0 Å². The minimum Gasteiger partial charge on any atom is -0.348 e. The van der Waals surface area contributed by atoms with E-state index >= 15 is 0 Å². The highest BCUT2D eigenvalue weighted by atomic mass is 19.2. The SMILES string of the molecule is Fc1ccc(C2NCCc3[nH]cnc32)c(F)c1F. The zero-order chi connectivity index (χ0) is 12.7. The van der Waals surface area contributed by atoms with Crippen molar-refractivity contribution in [2.24, 2.45) is 0 Å². The van der Waals surface area contributed by atoms with Gasteiger partial charge in [-0.15, -0.1) is 0 Å². The van der Waals surface area contributed by atoms with Gasteiger partial charge in [-0.1, -0.05) is 6.07 Å². The lowest BCUT2D eigenvalue weighted by molar-refractivity contribution is 0.428. The Balaban J connectivity index is 2.10. The first-order valence-electron chi connectivity index (χ1n) is 5.57. The summed E-state index contributed by atoms with van der Waals surface area (Å²) in [6, 6.07) is 1.63. The zero-order valence-electron chi connectivity index (χ0n) is 9.30. The molecule has 2 heterocycles. The number of nitrogens with zero attached hydrogens (tertiary/aromatic N) is 1. The van der Waals surface area contributed by atoms with Crippen molar-refractivity contribution in [2.45, 2.75) is 12.5 Å². The van der Waals surface area contributed by atoms with E-state index in [0.717, 1.165) is 18.2 Å². The number of aromatic amines is 1. The molecule has 0 fully saturated rings. The Morgan fingerprint density at radius 2 is 2.00 bits per heavy atom. The minimum atomic E-state index is -1.45. The maximum absolute atomic E-state index is 13.8. The van der Waals surface area contributed by atoms with Crippen LogP contribution in [0.5, 0.6) is 0 Å². The summed E-state index contributed by atoms with van der Waals surface area (Å²) in [4.78, 5) is 7.07. The fraction of sp³-hybridized carbons (Fsp3) is 0.250. The van der Waals surface area contributed by atoms with Gasteiger partial charge in [0.15, 0.2) is 17.5 Å². The monoisotopic (exact) mass is 253 g/mol. The molecule has 0 radical (unpaired) electrons. The van der Waals surface area contributed by atoms with Gasteiger partial charge in [0, 0.05) is 24.2 Å². The average Bonchev–Trinajstić information content (AvgIpc) is 2.84. The minimum absolute atomic E-state index is 0.0713. The Morgan fingerprint density at radius 1 is 1.17 bits per heavy atom. The molecule has 1 unspecified atom stereocenters. The lowest BCUT2D eigenvalue weighted by Crippen LogP contribution is -2.31. The molecule has 1 aromatic carbocycles. The fourth-order valence-corrected chi connectivity index (χ4v) is 2.24. The Morgan fingerprint density at radius 3 is 2.83 bits per heavy atom. The second kappa shape index (κ2) is 4.13. The van der Waals surface area contributed by atoms with Gasteiger partial charge >= 0.3 is 0 Å². The number of hydrogen-bond donors (Lipinski definition) is 2. The molecule has 1 aliphatic heterocycles. The second-order valence-corrected chi connectivity index (χ2v) is 4.17. The van der Waals surface area contributed by atoms with E-state index in [0.29, 0.717) is 12.2 Å². The summed E-state index contributed by atoms with van der Waals surface area (Å²) < 4.78 is 39.9. The van der Waals surface area contributed by atoms with Crippen molar-refractivity contribution >= 4 is 0 Å². The first-order chi connectivity index (χ1) is 8.68. The summed E-state index contributed by atoms with van der Waals surface area (Å²) >= 11 is 0. The molecule has 0 aliphatic carbocycles. The summed E-state index contributed by atoms with van der Waals surface area (Å²) in [6.45, 7) is 0.623. The van der Waals surface area contributed by atoms with E-state index in [4.69, 9.17) is 0 Å². The quantitative estimate of drug-likeness (QED) is 0.764. The largest absolute Gasteiger partial charge is 0.348 e. The van der Waals surface area contributed by atoms with Gasteiger partial charge in [-0.25, -0.2) is 18.2 Å². The molecule has 94 valence electrons. The Bertz CT molecular complexity index is 594. The fourth-order valence-electron chi connectivity index (χ4n) is 2.24. The number of aromatic nitrogens is 2. The first-order valence-corrected chi connectivity index (χ1v) is 5.57. The van der Waals surface area contributed by atoms with Gasteiger partial charge in [0.25, 0.3) is 0 Å². The highest BCUT2D eigenvalue weighted by molar-refractivity contribution is 5.34. The standard InChI is InChI=1S/C12H10F3N3/c13-7-2-1-6(9(14)10(7)15)11-12-8(3-4-16-11)17-5-18-12/h1-2,5,11,16H,3-4H2,(H,17,18). The zero-order valence-corrected chi connectivity index (χ0v) is 9.30. The van der Waals surface area contributed by atoms with Crippen LogP contribution in [-0.4, -0.2) is 16.5 Å². The van der Waals surface area contributed by atoms with E-state index in [-0.39, 0.29) is 5.56 Å². The van der Waals surface area contributed by atoms with Crippen molar-refractivity contribution in [3.8, 4) is 0 Å². The molecule has 2 aromatic rings. The van der Waals surface area contributed by atoms with Gasteiger partial charge in [0.05, 0.1) is 18.1 Å². The third-order valence-corrected chi connectivity index (χ3v) is 3.12. The van der Waals surface area contributed by atoms with Crippen molar-refractivity contribution in [1.82, 2.24) is 15.3 Å². The van der Waals surface area contributed by atoms with Crippen molar-refractivity contribution in [1.29, 1.82) is 0 Å². The molecule has 0 bridgehead atoms. The topological polar surface area (TPSA) is 40.7 Å². The molecule has 0 amide bonds. The number of H-pyrrole nitrogens is 1. The van der Waals surface area contributed by atoms with Crippen LogP contribution >= 0.6 is 0 Å². The van der Waals surface area contributed by atoms with Crippen LogP contribution in [0.25, 0.3) is 0 Å². The molecule has 0 saturated heterocycles. The number of imidazole rings is 1. The van der Waals surface area contributed by atoms with E-state index in [9.17, 15) is 13.2 Å². The number of halogens is 3. The predicted molar refractivity (Wildman–Crippen MR) is 58.5 cm³/mol. The number of nitrogens with one attached hydrogen (secondary N) is 2. The van der Waals surface area contributed by atoms with E-state index < -0.39 is 23.5 Å². The number of fused-ring (bicyclic) bond motifs is 1. The Labute approximate surface area is 101 Å². The Hall–Kier alpha value is -1.82. The molecule has 1 atom stereocenters.